The van der Waals surface area contributed by atoms with Gasteiger partial charge in [-0.1, -0.05) is 0 Å². The van der Waals surface area contributed by atoms with Crippen LogP contribution in [0, 0.1) is 17.5 Å². The van der Waals surface area contributed by atoms with E-state index >= 15 is 0 Å². The number of nitrogens with two attached hydrogens (primary N) is 1. The average Bonchev–Trinajstić information content (AvgIpc) is 2.38. The maximum Gasteiger partial charge on any atom is 0.130 e. The highest BCUT2D eigenvalue weighted by atomic mass is 19.1. The van der Waals surface area contributed by atoms with Gasteiger partial charge in [0.1, 0.15) is 29.8 Å². The summed E-state index contributed by atoms with van der Waals surface area (Å²) >= 11 is 0. The van der Waals surface area contributed by atoms with Gasteiger partial charge >= 0.3 is 0 Å². The normalized spacial score (nSPS) is 12.2. The number of ether oxygens (including phenoxy) is 1. The van der Waals surface area contributed by atoms with E-state index in [0.717, 1.165) is 18.2 Å². The van der Waals surface area contributed by atoms with Gasteiger partial charge in [-0.05, 0) is 49.2 Å². The Balaban J connectivity index is 2.12. The highest BCUT2D eigenvalue weighted by Gasteiger charge is 2.07. The Morgan fingerprint density at radius 1 is 1.05 bits per heavy atom. The molecule has 0 spiro atoms. The second kappa shape index (κ2) is 6.63. The van der Waals surface area contributed by atoms with E-state index in [1.807, 2.05) is 6.92 Å². The molecule has 2 aromatic rings. The summed E-state index contributed by atoms with van der Waals surface area (Å²) in [6, 6.07) is 7.21. The molecule has 5 heteroatoms. The molecular weight excluding hydrogens is 279 g/mol. The van der Waals surface area contributed by atoms with Gasteiger partial charge in [0.15, 0.2) is 0 Å². The minimum atomic E-state index is -0.566. The van der Waals surface area contributed by atoms with E-state index in [-0.39, 0.29) is 24.0 Å². The second-order valence-corrected chi connectivity index (χ2v) is 5.00. The fourth-order valence-corrected chi connectivity index (χ4v) is 2.01. The summed E-state index contributed by atoms with van der Waals surface area (Å²) in [4.78, 5) is 0. The number of hydrogen-bond donors (Lipinski definition) is 1. The maximum atomic E-state index is 13.5. The molecule has 0 aliphatic rings. The quantitative estimate of drug-likeness (QED) is 0.915. The van der Waals surface area contributed by atoms with E-state index in [2.05, 4.69) is 0 Å². The lowest BCUT2D eigenvalue weighted by Crippen LogP contribution is -2.17. The van der Waals surface area contributed by atoms with Crippen molar-refractivity contribution in [1.82, 2.24) is 0 Å². The summed E-state index contributed by atoms with van der Waals surface area (Å²) in [7, 11) is 0. The standard InChI is InChI=1S/C16H16F3NO/c1-10(20)4-11-5-14(18)8-15(6-11)21-9-12-7-13(17)2-3-16(12)19/h2-3,5-8,10H,4,9,20H2,1H3. The molecule has 112 valence electrons. The minimum Gasteiger partial charge on any atom is -0.489 e. The van der Waals surface area contributed by atoms with Gasteiger partial charge in [-0.25, -0.2) is 13.2 Å². The molecule has 0 fully saturated rings. The van der Waals surface area contributed by atoms with Crippen LogP contribution in [0.25, 0.3) is 0 Å². The minimum absolute atomic E-state index is 0.0769. The van der Waals surface area contributed by atoms with Crippen LogP contribution in [0.2, 0.25) is 0 Å². The number of rotatable bonds is 5. The highest BCUT2D eigenvalue weighted by molar-refractivity contribution is 5.30. The van der Waals surface area contributed by atoms with Gasteiger partial charge in [-0.3, -0.25) is 0 Å². The lowest BCUT2D eigenvalue weighted by molar-refractivity contribution is 0.297. The lowest BCUT2D eigenvalue weighted by Gasteiger charge is -2.11. The molecular formula is C16H16F3NO. The Kier molecular flexibility index (Phi) is 4.85. The Morgan fingerprint density at radius 3 is 2.52 bits per heavy atom. The fourth-order valence-electron chi connectivity index (χ4n) is 2.01. The van der Waals surface area contributed by atoms with Crippen LogP contribution in [0.4, 0.5) is 13.2 Å². The van der Waals surface area contributed by atoms with Crippen molar-refractivity contribution >= 4 is 0 Å². The van der Waals surface area contributed by atoms with Crippen LogP contribution >= 0.6 is 0 Å². The van der Waals surface area contributed by atoms with Crippen molar-refractivity contribution in [3.63, 3.8) is 0 Å². The van der Waals surface area contributed by atoms with Crippen LogP contribution in [0.3, 0.4) is 0 Å². The van der Waals surface area contributed by atoms with Crippen LogP contribution in [0.5, 0.6) is 5.75 Å². The summed E-state index contributed by atoms with van der Waals surface area (Å²) in [6.07, 6.45) is 0.502. The molecule has 0 saturated heterocycles. The summed E-state index contributed by atoms with van der Waals surface area (Å²) in [5.74, 6) is -1.31. The molecule has 0 amide bonds. The number of hydrogen-bond acceptors (Lipinski definition) is 2. The van der Waals surface area contributed by atoms with Crippen LogP contribution in [0.1, 0.15) is 18.1 Å². The van der Waals surface area contributed by atoms with Crippen molar-refractivity contribution in [2.24, 2.45) is 5.73 Å². The molecule has 21 heavy (non-hydrogen) atoms. The van der Waals surface area contributed by atoms with Crippen LogP contribution in [0.15, 0.2) is 36.4 Å². The Labute approximate surface area is 121 Å². The van der Waals surface area contributed by atoms with Crippen molar-refractivity contribution in [1.29, 1.82) is 0 Å². The molecule has 0 bridgehead atoms. The molecule has 0 aliphatic heterocycles. The van der Waals surface area contributed by atoms with Crippen molar-refractivity contribution in [3.8, 4) is 5.75 Å². The first-order valence-electron chi connectivity index (χ1n) is 6.56. The SMILES string of the molecule is CC(N)Cc1cc(F)cc(OCc2cc(F)ccc2F)c1. The summed E-state index contributed by atoms with van der Waals surface area (Å²) < 4.78 is 45.4. The van der Waals surface area contributed by atoms with E-state index in [1.165, 1.54) is 12.1 Å². The van der Waals surface area contributed by atoms with Gasteiger partial charge in [0.25, 0.3) is 0 Å². The van der Waals surface area contributed by atoms with Crippen molar-refractivity contribution in [2.75, 3.05) is 0 Å². The first-order valence-corrected chi connectivity index (χ1v) is 6.56. The monoisotopic (exact) mass is 295 g/mol. The largest absolute Gasteiger partial charge is 0.489 e. The van der Waals surface area contributed by atoms with Gasteiger partial charge in [0, 0.05) is 17.7 Å². The van der Waals surface area contributed by atoms with Crippen LogP contribution < -0.4 is 10.5 Å². The zero-order valence-corrected chi connectivity index (χ0v) is 11.6. The van der Waals surface area contributed by atoms with E-state index in [4.69, 9.17) is 10.5 Å². The lowest BCUT2D eigenvalue weighted by atomic mass is 10.1. The molecule has 2 rings (SSSR count). The van der Waals surface area contributed by atoms with Gasteiger partial charge in [-0.15, -0.1) is 0 Å². The molecule has 2 N–H and O–H groups in total. The molecule has 0 heterocycles. The topological polar surface area (TPSA) is 35.2 Å². The average molecular weight is 295 g/mol. The van der Waals surface area contributed by atoms with E-state index in [1.54, 1.807) is 6.07 Å². The van der Waals surface area contributed by atoms with E-state index in [9.17, 15) is 13.2 Å². The highest BCUT2D eigenvalue weighted by Crippen LogP contribution is 2.20. The first-order chi connectivity index (χ1) is 9.94. The molecule has 0 aromatic heterocycles. The molecule has 1 unspecified atom stereocenters. The molecule has 0 radical (unpaired) electrons. The zero-order valence-electron chi connectivity index (χ0n) is 11.6. The van der Waals surface area contributed by atoms with E-state index < -0.39 is 17.5 Å². The van der Waals surface area contributed by atoms with Gasteiger partial charge in [0.05, 0.1) is 0 Å². The van der Waals surface area contributed by atoms with Crippen molar-refractivity contribution < 1.29 is 17.9 Å². The van der Waals surface area contributed by atoms with Crippen LogP contribution in [-0.4, -0.2) is 6.04 Å². The molecule has 2 nitrogen and oxygen atoms in total. The third-order valence-corrected chi connectivity index (χ3v) is 2.89. The Morgan fingerprint density at radius 2 is 1.81 bits per heavy atom. The summed E-state index contributed by atoms with van der Waals surface area (Å²) in [5, 5.41) is 0. The zero-order chi connectivity index (χ0) is 15.4. The van der Waals surface area contributed by atoms with Crippen molar-refractivity contribution in [3.05, 3.63) is 65.0 Å². The predicted molar refractivity (Wildman–Crippen MR) is 74.4 cm³/mol. The summed E-state index contributed by atoms with van der Waals surface area (Å²) in [5.41, 5.74) is 6.44. The smallest absolute Gasteiger partial charge is 0.130 e. The second-order valence-electron chi connectivity index (χ2n) is 5.00. The first kappa shape index (κ1) is 15.4. The molecule has 1 atom stereocenters. The van der Waals surface area contributed by atoms with Crippen LogP contribution in [-0.2, 0) is 13.0 Å². The maximum absolute atomic E-state index is 13.5. The van der Waals surface area contributed by atoms with Gasteiger partial charge in [-0.2, -0.15) is 0 Å². The molecule has 0 aliphatic carbocycles. The summed E-state index contributed by atoms with van der Waals surface area (Å²) in [6.45, 7) is 1.64. The van der Waals surface area contributed by atoms with Crippen molar-refractivity contribution in [2.45, 2.75) is 26.0 Å². The molecule has 0 saturated carbocycles. The number of benzene rings is 2. The number of halogens is 3. The fraction of sp³-hybridized carbons (Fsp3) is 0.250. The van der Waals surface area contributed by atoms with Gasteiger partial charge in [0.2, 0.25) is 0 Å². The third-order valence-electron chi connectivity index (χ3n) is 2.89. The molecule has 2 aromatic carbocycles. The predicted octanol–water partition coefficient (Wildman–Crippen LogP) is 3.57. The Bertz CT molecular complexity index is 629. The Hall–Kier alpha value is -2.01. The third kappa shape index (κ3) is 4.49. The van der Waals surface area contributed by atoms with Gasteiger partial charge < -0.3 is 10.5 Å². The van der Waals surface area contributed by atoms with E-state index in [0.29, 0.717) is 12.0 Å².